The second-order valence-electron chi connectivity index (χ2n) is 14.1. The molecule has 0 spiro atoms. The minimum atomic E-state index is 0.892. The van der Waals surface area contributed by atoms with Gasteiger partial charge in [-0.3, -0.25) is 0 Å². The van der Waals surface area contributed by atoms with Gasteiger partial charge in [-0.05, 0) is 82.6 Å². The van der Waals surface area contributed by atoms with Crippen molar-refractivity contribution in [3.05, 3.63) is 206 Å². The smallest absolute Gasteiger partial charge is 0.143 e. The van der Waals surface area contributed by atoms with Crippen molar-refractivity contribution in [2.24, 2.45) is 0 Å². The number of para-hydroxylation sites is 5. The number of furan rings is 1. The molecular weight excluding hydrogens is 669 g/mol. The third-order valence-corrected chi connectivity index (χ3v) is 11.0. The number of hydrogen-bond acceptors (Lipinski definition) is 2. The molecule has 258 valence electrons. The monoisotopic (exact) mass is 702 g/mol. The van der Waals surface area contributed by atoms with Crippen LogP contribution in [0.1, 0.15) is 0 Å². The highest BCUT2D eigenvalue weighted by atomic mass is 16.3. The molecule has 0 bridgehead atoms. The molecule has 11 rings (SSSR count). The van der Waals surface area contributed by atoms with Crippen LogP contribution in [0.2, 0.25) is 0 Å². The number of rotatable bonds is 6. The Morgan fingerprint density at radius 2 is 1.00 bits per heavy atom. The lowest BCUT2D eigenvalue weighted by atomic mass is 9.97. The van der Waals surface area contributed by atoms with Crippen molar-refractivity contribution in [3.8, 4) is 27.9 Å². The Morgan fingerprint density at radius 3 is 1.89 bits per heavy atom. The van der Waals surface area contributed by atoms with E-state index in [-0.39, 0.29) is 0 Å². The molecule has 3 nitrogen and oxygen atoms in total. The topological polar surface area (TPSA) is 21.3 Å². The Hall–Kier alpha value is -7.36. The molecule has 0 aliphatic heterocycles. The van der Waals surface area contributed by atoms with Crippen molar-refractivity contribution in [2.45, 2.75) is 0 Å². The summed E-state index contributed by atoms with van der Waals surface area (Å²) in [5.74, 6) is 0. The Labute approximate surface area is 318 Å². The Kier molecular flexibility index (Phi) is 7.17. The van der Waals surface area contributed by atoms with Crippen LogP contribution in [0.3, 0.4) is 0 Å². The summed E-state index contributed by atoms with van der Waals surface area (Å²) in [6.07, 6.45) is 0. The quantitative estimate of drug-likeness (QED) is 0.172. The van der Waals surface area contributed by atoms with Gasteiger partial charge in [-0.1, -0.05) is 146 Å². The van der Waals surface area contributed by atoms with Gasteiger partial charge in [0.05, 0.1) is 16.7 Å². The summed E-state index contributed by atoms with van der Waals surface area (Å²) in [6.45, 7) is 0. The van der Waals surface area contributed by atoms with Gasteiger partial charge in [0.1, 0.15) is 11.2 Å². The number of nitrogens with zero attached hydrogens (tertiary/aromatic N) is 2. The number of anilines is 3. The molecule has 0 aliphatic rings. The lowest BCUT2D eigenvalue weighted by molar-refractivity contribution is 0.670. The fourth-order valence-corrected chi connectivity index (χ4v) is 8.51. The van der Waals surface area contributed by atoms with Gasteiger partial charge in [-0.25, -0.2) is 0 Å². The minimum absolute atomic E-state index is 0.892. The summed E-state index contributed by atoms with van der Waals surface area (Å²) >= 11 is 0. The zero-order valence-corrected chi connectivity index (χ0v) is 29.9. The molecule has 55 heavy (non-hydrogen) atoms. The van der Waals surface area contributed by atoms with Gasteiger partial charge in [0.2, 0.25) is 0 Å². The molecule has 0 saturated carbocycles. The average molecular weight is 703 g/mol. The van der Waals surface area contributed by atoms with Gasteiger partial charge in [-0.15, -0.1) is 0 Å². The molecule has 3 heteroatoms. The summed E-state index contributed by atoms with van der Waals surface area (Å²) in [7, 11) is 0. The summed E-state index contributed by atoms with van der Waals surface area (Å²) in [5, 5.41) is 7.14. The van der Waals surface area contributed by atoms with E-state index in [4.69, 9.17) is 4.42 Å². The first-order chi connectivity index (χ1) is 27.3. The van der Waals surface area contributed by atoms with Crippen molar-refractivity contribution in [1.82, 2.24) is 4.57 Å². The van der Waals surface area contributed by atoms with Crippen LogP contribution in [-0.2, 0) is 0 Å². The second-order valence-corrected chi connectivity index (χ2v) is 14.1. The zero-order valence-electron chi connectivity index (χ0n) is 29.9. The zero-order chi connectivity index (χ0) is 36.3. The minimum Gasteiger partial charge on any atom is -0.455 e. The summed E-state index contributed by atoms with van der Waals surface area (Å²) in [5.41, 5.74) is 13.1. The molecule has 11 aromatic rings. The van der Waals surface area contributed by atoms with Gasteiger partial charge < -0.3 is 13.9 Å². The molecule has 0 aliphatic carbocycles. The van der Waals surface area contributed by atoms with Crippen molar-refractivity contribution in [1.29, 1.82) is 0 Å². The maximum Gasteiger partial charge on any atom is 0.143 e. The predicted octanol–water partition coefficient (Wildman–Crippen LogP) is 14.6. The Bertz CT molecular complexity index is 3200. The number of benzene rings is 9. The molecular formula is C52H34N2O. The summed E-state index contributed by atoms with van der Waals surface area (Å²) in [6, 6.07) is 73.9. The highest BCUT2D eigenvalue weighted by molar-refractivity contribution is 6.12. The van der Waals surface area contributed by atoms with E-state index in [9.17, 15) is 0 Å². The van der Waals surface area contributed by atoms with E-state index in [2.05, 4.69) is 210 Å². The van der Waals surface area contributed by atoms with Crippen LogP contribution in [-0.4, -0.2) is 4.57 Å². The standard InChI is InChI=1S/C52H34N2O/c1-2-16-37(17-3-1)54-49-26-10-7-20-43(49)47-34-39(32-33-50(47)54)53(38-30-28-36(29-31-38)41-22-12-15-35-14-4-5-18-40(35)41)48-25-9-6-19-42(48)45-23-13-24-46-44-21-8-11-27-51(44)55-52(45)46/h1-34H. The Morgan fingerprint density at radius 1 is 0.382 bits per heavy atom. The molecule has 0 saturated heterocycles. The number of hydrogen-bond donors (Lipinski definition) is 0. The van der Waals surface area contributed by atoms with Crippen LogP contribution in [0, 0.1) is 0 Å². The molecule has 0 atom stereocenters. The van der Waals surface area contributed by atoms with Crippen LogP contribution in [0.15, 0.2) is 211 Å². The highest BCUT2D eigenvalue weighted by Crippen LogP contribution is 2.46. The molecule has 2 heterocycles. The predicted molar refractivity (Wildman–Crippen MR) is 231 cm³/mol. The van der Waals surface area contributed by atoms with Gasteiger partial charge in [0.25, 0.3) is 0 Å². The normalized spacial score (nSPS) is 11.6. The van der Waals surface area contributed by atoms with Crippen LogP contribution in [0.4, 0.5) is 17.1 Å². The first-order valence-corrected chi connectivity index (χ1v) is 18.8. The third-order valence-electron chi connectivity index (χ3n) is 11.0. The summed E-state index contributed by atoms with van der Waals surface area (Å²) in [4.78, 5) is 2.40. The van der Waals surface area contributed by atoms with Gasteiger partial charge >= 0.3 is 0 Å². The lowest BCUT2D eigenvalue weighted by Gasteiger charge is -2.28. The molecule has 9 aromatic carbocycles. The second kappa shape index (κ2) is 12.6. The fourth-order valence-electron chi connectivity index (χ4n) is 8.51. The van der Waals surface area contributed by atoms with Crippen molar-refractivity contribution < 1.29 is 4.42 Å². The van der Waals surface area contributed by atoms with E-state index < -0.39 is 0 Å². The molecule has 2 aromatic heterocycles. The van der Waals surface area contributed by atoms with E-state index in [0.29, 0.717) is 0 Å². The molecule has 0 N–H and O–H groups in total. The van der Waals surface area contributed by atoms with Crippen molar-refractivity contribution in [2.75, 3.05) is 4.90 Å². The first-order valence-electron chi connectivity index (χ1n) is 18.8. The van der Waals surface area contributed by atoms with Gasteiger partial charge in [-0.2, -0.15) is 0 Å². The highest BCUT2D eigenvalue weighted by Gasteiger charge is 2.22. The maximum atomic E-state index is 6.61. The Balaban J connectivity index is 1.14. The van der Waals surface area contributed by atoms with Crippen LogP contribution in [0.5, 0.6) is 0 Å². The van der Waals surface area contributed by atoms with Crippen LogP contribution < -0.4 is 4.90 Å². The fraction of sp³-hybridized carbons (Fsp3) is 0. The number of aromatic nitrogens is 1. The van der Waals surface area contributed by atoms with Gasteiger partial charge in [0.15, 0.2) is 0 Å². The van der Waals surface area contributed by atoms with E-state index in [1.165, 1.54) is 43.7 Å². The van der Waals surface area contributed by atoms with E-state index in [0.717, 1.165) is 55.8 Å². The van der Waals surface area contributed by atoms with Crippen LogP contribution in [0.25, 0.3) is 82.5 Å². The third kappa shape index (κ3) is 5.05. The first kappa shape index (κ1) is 31.2. The molecule has 0 radical (unpaired) electrons. The number of fused-ring (bicyclic) bond motifs is 7. The SMILES string of the molecule is c1ccc(-n2c3ccccc3c3cc(N(c4ccc(-c5cccc6ccccc56)cc4)c4ccccc4-c4cccc5c4oc4ccccc45)ccc32)cc1. The molecule has 0 unspecified atom stereocenters. The maximum absolute atomic E-state index is 6.61. The van der Waals surface area contributed by atoms with E-state index in [1.807, 2.05) is 6.07 Å². The lowest BCUT2D eigenvalue weighted by Crippen LogP contribution is -2.11. The molecule has 0 fully saturated rings. The molecule has 0 amide bonds. The van der Waals surface area contributed by atoms with Crippen LogP contribution >= 0.6 is 0 Å². The van der Waals surface area contributed by atoms with Gasteiger partial charge in [0, 0.05) is 49.7 Å². The summed E-state index contributed by atoms with van der Waals surface area (Å²) < 4.78 is 8.98. The largest absolute Gasteiger partial charge is 0.455 e. The average Bonchev–Trinajstić information content (AvgIpc) is 3.80. The van der Waals surface area contributed by atoms with Crippen molar-refractivity contribution in [3.63, 3.8) is 0 Å². The van der Waals surface area contributed by atoms with Crippen molar-refractivity contribution >= 4 is 71.6 Å². The van der Waals surface area contributed by atoms with E-state index >= 15 is 0 Å². The van der Waals surface area contributed by atoms with E-state index in [1.54, 1.807) is 0 Å².